The predicted molar refractivity (Wildman–Crippen MR) is 95.2 cm³/mol. The highest BCUT2D eigenvalue weighted by Gasteiger charge is 2.18. The van der Waals surface area contributed by atoms with E-state index in [1.165, 1.54) is 19.1 Å². The number of carbonyl (C=O) groups is 2. The second-order valence-corrected chi connectivity index (χ2v) is 5.96. The van der Waals surface area contributed by atoms with Gasteiger partial charge in [0.05, 0.1) is 13.5 Å². The number of benzene rings is 2. The Labute approximate surface area is 152 Å². The maximum absolute atomic E-state index is 12.9. The summed E-state index contributed by atoms with van der Waals surface area (Å²) < 4.78 is 23.3. The quantitative estimate of drug-likeness (QED) is 0.772. The van der Waals surface area contributed by atoms with Gasteiger partial charge in [-0.2, -0.15) is 0 Å². The molecule has 2 rings (SSSR count). The lowest BCUT2D eigenvalue weighted by Gasteiger charge is -2.14. The summed E-state index contributed by atoms with van der Waals surface area (Å²) in [5.74, 6) is -0.556. The minimum absolute atomic E-state index is 0.0478. The maximum Gasteiger partial charge on any atom is 0.311 e. The minimum Gasteiger partial charge on any atom is -0.496 e. The molecule has 26 heavy (non-hydrogen) atoms. The van der Waals surface area contributed by atoms with E-state index in [1.807, 2.05) is 19.1 Å². The number of hydrogen-bond acceptors (Lipinski definition) is 4. The molecule has 0 aromatic heterocycles. The van der Waals surface area contributed by atoms with Gasteiger partial charge in [-0.3, -0.25) is 9.59 Å². The Morgan fingerprint density at radius 1 is 1.12 bits per heavy atom. The number of rotatable bonds is 7. The van der Waals surface area contributed by atoms with Crippen LogP contribution in [0.4, 0.5) is 4.39 Å². The van der Waals surface area contributed by atoms with E-state index in [1.54, 1.807) is 25.3 Å². The lowest BCUT2D eigenvalue weighted by Crippen LogP contribution is -2.35. The predicted octanol–water partition coefficient (Wildman–Crippen LogP) is 2.93. The fourth-order valence-corrected chi connectivity index (χ4v) is 2.37. The Hall–Kier alpha value is -2.89. The molecule has 0 bridgehead atoms. The molecule has 1 atom stereocenters. The molecule has 138 valence electrons. The summed E-state index contributed by atoms with van der Waals surface area (Å²) in [6, 6.07) is 11.3. The fraction of sp³-hybridized carbons (Fsp3) is 0.300. The van der Waals surface area contributed by atoms with Crippen molar-refractivity contribution in [3.05, 3.63) is 65.0 Å². The molecule has 0 aliphatic carbocycles. The Kier molecular flexibility index (Phi) is 6.72. The number of amides is 1. The largest absolute Gasteiger partial charge is 0.496 e. The van der Waals surface area contributed by atoms with Crippen molar-refractivity contribution in [3.8, 4) is 5.75 Å². The molecule has 2 aromatic carbocycles. The molecule has 0 radical (unpaired) electrons. The van der Waals surface area contributed by atoms with Gasteiger partial charge in [0.25, 0.3) is 5.91 Å². The summed E-state index contributed by atoms with van der Waals surface area (Å²) in [5, 5.41) is 2.65. The van der Waals surface area contributed by atoms with Crippen molar-refractivity contribution in [1.29, 1.82) is 0 Å². The van der Waals surface area contributed by atoms with Crippen molar-refractivity contribution >= 4 is 11.9 Å². The van der Waals surface area contributed by atoms with Gasteiger partial charge in [0.1, 0.15) is 11.6 Å². The van der Waals surface area contributed by atoms with Crippen molar-refractivity contribution in [3.63, 3.8) is 0 Å². The molecular weight excluding hydrogens is 337 g/mol. The third-order valence-electron chi connectivity index (χ3n) is 3.88. The van der Waals surface area contributed by atoms with E-state index < -0.39 is 18.0 Å². The van der Waals surface area contributed by atoms with Crippen molar-refractivity contribution in [2.45, 2.75) is 32.9 Å². The lowest BCUT2D eigenvalue weighted by atomic mass is 10.1. The Balaban J connectivity index is 1.83. The van der Waals surface area contributed by atoms with Gasteiger partial charge in [0, 0.05) is 6.54 Å². The van der Waals surface area contributed by atoms with Gasteiger partial charge < -0.3 is 14.8 Å². The molecule has 1 amide bonds. The SMILES string of the molecule is COc1cc(CC(=O)O[C@H](C)C(=O)NCc2ccc(F)cc2)ccc1C. The van der Waals surface area contributed by atoms with Crippen LogP contribution in [0.3, 0.4) is 0 Å². The van der Waals surface area contributed by atoms with E-state index in [-0.39, 0.29) is 18.8 Å². The van der Waals surface area contributed by atoms with Crippen LogP contribution in [0.25, 0.3) is 0 Å². The number of methoxy groups -OCH3 is 1. The topological polar surface area (TPSA) is 64.6 Å². The Bertz CT molecular complexity index is 774. The normalized spacial score (nSPS) is 11.5. The van der Waals surface area contributed by atoms with Crippen molar-refractivity contribution in [2.75, 3.05) is 7.11 Å². The van der Waals surface area contributed by atoms with Crippen LogP contribution < -0.4 is 10.1 Å². The van der Waals surface area contributed by atoms with Gasteiger partial charge in [0.15, 0.2) is 6.10 Å². The summed E-state index contributed by atoms with van der Waals surface area (Å²) in [5.41, 5.74) is 2.47. The first-order chi connectivity index (χ1) is 12.4. The summed E-state index contributed by atoms with van der Waals surface area (Å²) in [6.45, 7) is 3.65. The summed E-state index contributed by atoms with van der Waals surface area (Å²) in [4.78, 5) is 24.1. The summed E-state index contributed by atoms with van der Waals surface area (Å²) in [7, 11) is 1.57. The molecule has 0 aliphatic heterocycles. The third kappa shape index (κ3) is 5.58. The minimum atomic E-state index is -0.921. The van der Waals surface area contributed by atoms with Gasteiger partial charge in [-0.1, -0.05) is 24.3 Å². The van der Waals surface area contributed by atoms with Crippen LogP contribution in [0.5, 0.6) is 5.75 Å². The van der Waals surface area contributed by atoms with E-state index in [4.69, 9.17) is 9.47 Å². The van der Waals surface area contributed by atoms with E-state index in [0.29, 0.717) is 5.75 Å². The van der Waals surface area contributed by atoms with Gasteiger partial charge in [-0.05, 0) is 48.7 Å². The van der Waals surface area contributed by atoms with Gasteiger partial charge in [-0.25, -0.2) is 4.39 Å². The Morgan fingerprint density at radius 3 is 2.42 bits per heavy atom. The molecule has 0 saturated carbocycles. The lowest BCUT2D eigenvalue weighted by molar-refractivity contribution is -0.154. The summed E-state index contributed by atoms with van der Waals surface area (Å²) >= 11 is 0. The molecule has 0 aliphatic rings. The number of carbonyl (C=O) groups excluding carboxylic acids is 2. The van der Waals surface area contributed by atoms with Gasteiger partial charge in [0.2, 0.25) is 0 Å². The van der Waals surface area contributed by atoms with E-state index in [2.05, 4.69) is 5.32 Å². The molecule has 0 saturated heterocycles. The van der Waals surface area contributed by atoms with Crippen LogP contribution in [0.1, 0.15) is 23.6 Å². The number of esters is 1. The molecule has 0 spiro atoms. The Morgan fingerprint density at radius 2 is 1.77 bits per heavy atom. The van der Waals surface area contributed by atoms with Crippen LogP contribution in [0, 0.1) is 12.7 Å². The number of aryl methyl sites for hydroxylation is 1. The zero-order chi connectivity index (χ0) is 19.1. The second-order valence-electron chi connectivity index (χ2n) is 5.96. The molecule has 1 N–H and O–H groups in total. The molecule has 2 aromatic rings. The van der Waals surface area contributed by atoms with E-state index in [0.717, 1.165) is 16.7 Å². The van der Waals surface area contributed by atoms with Crippen molar-refractivity contribution in [2.24, 2.45) is 0 Å². The van der Waals surface area contributed by atoms with E-state index in [9.17, 15) is 14.0 Å². The molecule has 0 unspecified atom stereocenters. The molecular formula is C20H22FNO4. The second kappa shape index (κ2) is 8.99. The van der Waals surface area contributed by atoms with Gasteiger partial charge >= 0.3 is 5.97 Å². The van der Waals surface area contributed by atoms with Crippen LogP contribution in [0.15, 0.2) is 42.5 Å². The van der Waals surface area contributed by atoms with Gasteiger partial charge in [-0.15, -0.1) is 0 Å². The first-order valence-electron chi connectivity index (χ1n) is 8.24. The van der Waals surface area contributed by atoms with Crippen molar-refractivity contribution in [1.82, 2.24) is 5.32 Å². The maximum atomic E-state index is 12.9. The average molecular weight is 359 g/mol. The highest BCUT2D eigenvalue weighted by atomic mass is 19.1. The zero-order valence-corrected chi connectivity index (χ0v) is 15.0. The summed E-state index contributed by atoms with van der Waals surface area (Å²) in [6.07, 6.45) is -0.873. The third-order valence-corrected chi connectivity index (χ3v) is 3.88. The van der Waals surface area contributed by atoms with Crippen LogP contribution in [0.2, 0.25) is 0 Å². The highest BCUT2D eigenvalue weighted by Crippen LogP contribution is 2.19. The number of halogens is 1. The zero-order valence-electron chi connectivity index (χ0n) is 15.0. The van der Waals surface area contributed by atoms with Crippen LogP contribution >= 0.6 is 0 Å². The number of nitrogens with one attached hydrogen (secondary N) is 1. The monoisotopic (exact) mass is 359 g/mol. The van der Waals surface area contributed by atoms with E-state index >= 15 is 0 Å². The van der Waals surface area contributed by atoms with Crippen LogP contribution in [-0.4, -0.2) is 25.1 Å². The molecule has 5 nitrogen and oxygen atoms in total. The number of ether oxygens (including phenoxy) is 2. The highest BCUT2D eigenvalue weighted by molar-refractivity contribution is 5.83. The van der Waals surface area contributed by atoms with Crippen LogP contribution in [-0.2, 0) is 27.3 Å². The fourth-order valence-electron chi connectivity index (χ4n) is 2.37. The molecule has 6 heteroatoms. The number of hydrogen-bond donors (Lipinski definition) is 1. The standard InChI is InChI=1S/C20H22FNO4/c1-13-4-5-16(10-18(13)25-3)11-19(23)26-14(2)20(24)22-12-15-6-8-17(21)9-7-15/h4-10,14H,11-12H2,1-3H3,(H,22,24)/t14-/m1/s1. The average Bonchev–Trinajstić information content (AvgIpc) is 2.62. The first kappa shape index (κ1) is 19.4. The smallest absolute Gasteiger partial charge is 0.311 e. The first-order valence-corrected chi connectivity index (χ1v) is 8.24. The van der Waals surface area contributed by atoms with Crippen molar-refractivity contribution < 1.29 is 23.5 Å². The molecule has 0 heterocycles. The molecule has 0 fully saturated rings.